The van der Waals surface area contributed by atoms with E-state index in [1.54, 1.807) is 16.9 Å². The van der Waals surface area contributed by atoms with Gasteiger partial charge in [0.15, 0.2) is 5.82 Å². The molecular formula is C16H16N3O3-. The van der Waals surface area contributed by atoms with Crippen molar-refractivity contribution in [3.63, 3.8) is 0 Å². The minimum Gasteiger partial charge on any atom is -0.733 e. The Morgan fingerprint density at radius 1 is 1.23 bits per heavy atom. The summed E-state index contributed by atoms with van der Waals surface area (Å²) in [7, 11) is 0. The number of nitrogens with zero attached hydrogens (tertiary/aromatic N) is 3. The number of hydrogen-bond acceptors (Lipinski definition) is 5. The standard InChI is InChI=1S/C16H16N3O3/c1-2-10-22-18-15-11-13(19(20)21)8-9-14(15)17-16(18)12-6-4-3-5-7-12/h3-9,11,20H,2,10H2,1H3/q-1. The Kier molecular flexibility index (Phi) is 3.95. The van der Waals surface area contributed by atoms with Crippen LogP contribution in [-0.2, 0) is 0 Å². The molecule has 1 heterocycles. The molecule has 114 valence electrons. The summed E-state index contributed by atoms with van der Waals surface area (Å²) in [6.07, 6.45) is 0.848. The summed E-state index contributed by atoms with van der Waals surface area (Å²) < 4.78 is 1.61. The smallest absolute Gasteiger partial charge is 0.176 e. The highest BCUT2D eigenvalue weighted by atomic mass is 16.8. The van der Waals surface area contributed by atoms with Gasteiger partial charge in [0.25, 0.3) is 0 Å². The van der Waals surface area contributed by atoms with Gasteiger partial charge in [0.05, 0.1) is 11.2 Å². The Balaban J connectivity index is 2.18. The van der Waals surface area contributed by atoms with Crippen LogP contribution in [0.25, 0.3) is 22.4 Å². The zero-order chi connectivity index (χ0) is 15.5. The molecule has 0 aliphatic rings. The lowest BCUT2D eigenvalue weighted by molar-refractivity contribution is 0.123. The number of anilines is 1. The summed E-state index contributed by atoms with van der Waals surface area (Å²) in [5.74, 6) is 0.664. The van der Waals surface area contributed by atoms with Gasteiger partial charge in [-0.3, -0.25) is 5.21 Å². The maximum Gasteiger partial charge on any atom is 0.176 e. The minimum absolute atomic E-state index is 0.133. The first-order chi connectivity index (χ1) is 10.7. The van der Waals surface area contributed by atoms with E-state index in [-0.39, 0.29) is 10.9 Å². The fourth-order valence-electron chi connectivity index (χ4n) is 2.24. The van der Waals surface area contributed by atoms with E-state index >= 15 is 0 Å². The molecule has 0 atom stereocenters. The van der Waals surface area contributed by atoms with Crippen LogP contribution in [0.1, 0.15) is 13.3 Å². The Morgan fingerprint density at radius 3 is 2.68 bits per heavy atom. The lowest BCUT2D eigenvalue weighted by Crippen LogP contribution is -2.14. The second-order valence-electron chi connectivity index (χ2n) is 4.87. The molecule has 6 heteroatoms. The Morgan fingerprint density at radius 2 is 2.00 bits per heavy atom. The van der Waals surface area contributed by atoms with Crippen molar-refractivity contribution in [1.82, 2.24) is 9.71 Å². The van der Waals surface area contributed by atoms with E-state index < -0.39 is 0 Å². The predicted molar refractivity (Wildman–Crippen MR) is 84.5 cm³/mol. The molecule has 3 aromatic rings. The molecule has 1 aromatic heterocycles. The number of imidazole rings is 1. The normalized spacial score (nSPS) is 10.9. The first-order valence-electron chi connectivity index (χ1n) is 7.08. The van der Waals surface area contributed by atoms with Crippen molar-refractivity contribution in [3.05, 3.63) is 53.7 Å². The third-order valence-corrected chi connectivity index (χ3v) is 3.27. The molecule has 0 amide bonds. The summed E-state index contributed by atoms with van der Waals surface area (Å²) in [6.45, 7) is 2.54. The zero-order valence-corrected chi connectivity index (χ0v) is 12.1. The molecule has 1 N–H and O–H groups in total. The highest BCUT2D eigenvalue weighted by Crippen LogP contribution is 2.26. The monoisotopic (exact) mass is 298 g/mol. The maximum atomic E-state index is 11.1. The van der Waals surface area contributed by atoms with Gasteiger partial charge in [-0.2, -0.15) is 4.73 Å². The van der Waals surface area contributed by atoms with Gasteiger partial charge in [0, 0.05) is 5.56 Å². The van der Waals surface area contributed by atoms with Gasteiger partial charge >= 0.3 is 0 Å². The van der Waals surface area contributed by atoms with Crippen molar-refractivity contribution >= 4 is 16.7 Å². The van der Waals surface area contributed by atoms with E-state index in [0.29, 0.717) is 23.5 Å². The van der Waals surface area contributed by atoms with E-state index in [9.17, 15) is 5.21 Å². The molecule has 0 radical (unpaired) electrons. The van der Waals surface area contributed by atoms with Crippen LogP contribution in [0.3, 0.4) is 0 Å². The third-order valence-electron chi connectivity index (χ3n) is 3.27. The van der Waals surface area contributed by atoms with Crippen LogP contribution in [0.2, 0.25) is 0 Å². The van der Waals surface area contributed by atoms with Crippen LogP contribution >= 0.6 is 0 Å². The van der Waals surface area contributed by atoms with Gasteiger partial charge in [0.2, 0.25) is 0 Å². The second-order valence-corrected chi connectivity index (χ2v) is 4.87. The topological polar surface area (TPSA) is 73.6 Å². The summed E-state index contributed by atoms with van der Waals surface area (Å²) in [5, 5.41) is 20.0. The fourth-order valence-corrected chi connectivity index (χ4v) is 2.24. The molecule has 0 saturated heterocycles. The highest BCUT2D eigenvalue weighted by Gasteiger charge is 2.14. The van der Waals surface area contributed by atoms with Crippen LogP contribution in [0.4, 0.5) is 5.69 Å². The number of rotatable bonds is 5. The zero-order valence-electron chi connectivity index (χ0n) is 12.1. The summed E-state index contributed by atoms with van der Waals surface area (Å²) >= 11 is 0. The summed E-state index contributed by atoms with van der Waals surface area (Å²) in [5.41, 5.74) is 2.38. The molecule has 0 spiro atoms. The van der Waals surface area contributed by atoms with E-state index in [1.807, 2.05) is 37.3 Å². The van der Waals surface area contributed by atoms with Gasteiger partial charge in [-0.15, -0.1) is 0 Å². The van der Waals surface area contributed by atoms with E-state index in [1.165, 1.54) is 6.07 Å². The van der Waals surface area contributed by atoms with Crippen LogP contribution in [-0.4, -0.2) is 21.5 Å². The third kappa shape index (κ3) is 2.61. The first-order valence-corrected chi connectivity index (χ1v) is 7.08. The van der Waals surface area contributed by atoms with Crippen molar-refractivity contribution in [2.75, 3.05) is 11.8 Å². The molecule has 0 fully saturated rings. The molecule has 3 rings (SSSR count). The molecule has 6 nitrogen and oxygen atoms in total. The quantitative estimate of drug-likeness (QED) is 0.732. The number of fused-ring (bicyclic) bond motifs is 1. The van der Waals surface area contributed by atoms with Crippen molar-refractivity contribution in [2.24, 2.45) is 0 Å². The SMILES string of the molecule is CCCOn1c(-c2ccccc2)nc2ccc(N([O-])O)cc21. The average molecular weight is 298 g/mol. The van der Waals surface area contributed by atoms with Gasteiger partial charge in [-0.1, -0.05) is 37.3 Å². The lowest BCUT2D eigenvalue weighted by atomic mass is 10.2. The molecule has 0 saturated carbocycles. The van der Waals surface area contributed by atoms with E-state index in [2.05, 4.69) is 4.98 Å². The van der Waals surface area contributed by atoms with Gasteiger partial charge in [0.1, 0.15) is 12.1 Å². The molecule has 0 bridgehead atoms. The van der Waals surface area contributed by atoms with Crippen molar-refractivity contribution in [1.29, 1.82) is 0 Å². The van der Waals surface area contributed by atoms with E-state index in [4.69, 9.17) is 10.0 Å². The first kappa shape index (κ1) is 14.4. The van der Waals surface area contributed by atoms with Crippen LogP contribution in [0.15, 0.2) is 48.5 Å². The fraction of sp³-hybridized carbons (Fsp3) is 0.188. The molecule has 0 unspecified atom stereocenters. The number of benzene rings is 2. The van der Waals surface area contributed by atoms with Gasteiger partial charge in [-0.05, 0) is 24.6 Å². The van der Waals surface area contributed by atoms with Crippen LogP contribution in [0.5, 0.6) is 0 Å². The molecular weight excluding hydrogens is 282 g/mol. The van der Waals surface area contributed by atoms with Crippen molar-refractivity contribution in [2.45, 2.75) is 13.3 Å². The maximum absolute atomic E-state index is 11.1. The Bertz CT molecular complexity index is 769. The average Bonchev–Trinajstić information content (AvgIpc) is 2.91. The second kappa shape index (κ2) is 6.05. The molecule has 0 aliphatic heterocycles. The van der Waals surface area contributed by atoms with Gasteiger partial charge in [-0.25, -0.2) is 4.98 Å². The van der Waals surface area contributed by atoms with Crippen molar-refractivity contribution in [3.8, 4) is 11.4 Å². The Hall–Kier alpha value is -2.57. The van der Waals surface area contributed by atoms with E-state index in [0.717, 1.165) is 12.0 Å². The van der Waals surface area contributed by atoms with Gasteiger partial charge < -0.3 is 15.3 Å². The lowest BCUT2D eigenvalue weighted by Gasteiger charge is -2.21. The highest BCUT2D eigenvalue weighted by molar-refractivity contribution is 5.83. The van der Waals surface area contributed by atoms with Crippen molar-refractivity contribution < 1.29 is 10.0 Å². The summed E-state index contributed by atoms with van der Waals surface area (Å²) in [6, 6.07) is 14.4. The predicted octanol–water partition coefficient (Wildman–Crippen LogP) is 3.24. The summed E-state index contributed by atoms with van der Waals surface area (Å²) in [4.78, 5) is 10.4. The number of hydrogen-bond donors (Lipinski definition) is 1. The Labute approximate surface area is 127 Å². The van der Waals surface area contributed by atoms with Crippen LogP contribution < -0.4 is 10.1 Å². The number of aromatic nitrogens is 2. The molecule has 2 aromatic carbocycles. The molecule has 22 heavy (non-hydrogen) atoms. The largest absolute Gasteiger partial charge is 0.733 e. The molecule has 0 aliphatic carbocycles. The van der Waals surface area contributed by atoms with Crippen LogP contribution in [0, 0.1) is 5.21 Å². The minimum atomic E-state index is -0.168.